The molecular formula is C16H21ClN4O3S. The Morgan fingerprint density at radius 3 is 2.44 bits per heavy atom. The molecule has 0 spiro atoms. The molecule has 1 amide bonds. The van der Waals surface area contributed by atoms with Gasteiger partial charge in [-0.3, -0.25) is 9.48 Å². The molecule has 0 radical (unpaired) electrons. The first-order valence-corrected chi connectivity index (χ1v) is 9.64. The van der Waals surface area contributed by atoms with Crippen LogP contribution in [-0.4, -0.2) is 41.5 Å². The number of carbonyl (C=O) groups is 1. The summed E-state index contributed by atoms with van der Waals surface area (Å²) in [5.41, 5.74) is 0.965. The molecule has 0 unspecified atom stereocenters. The molecule has 2 rings (SSSR count). The Bertz CT molecular complexity index is 889. The van der Waals surface area contributed by atoms with E-state index in [1.807, 2.05) is 6.92 Å². The van der Waals surface area contributed by atoms with E-state index in [2.05, 4.69) is 10.4 Å². The predicted octanol–water partition coefficient (Wildman–Crippen LogP) is 2.66. The number of rotatable bonds is 6. The van der Waals surface area contributed by atoms with Crippen LogP contribution in [0.5, 0.6) is 0 Å². The highest BCUT2D eigenvalue weighted by molar-refractivity contribution is 7.89. The molecule has 0 aliphatic heterocycles. The second-order valence-electron chi connectivity index (χ2n) is 5.48. The Balaban J connectivity index is 2.38. The van der Waals surface area contributed by atoms with Crippen molar-refractivity contribution in [3.05, 3.63) is 40.5 Å². The molecule has 1 heterocycles. The summed E-state index contributed by atoms with van der Waals surface area (Å²) < 4.78 is 28.2. The number of nitrogens with one attached hydrogen (secondary N) is 1. The first kappa shape index (κ1) is 19.4. The molecule has 7 nitrogen and oxygen atoms in total. The number of carbonyl (C=O) groups excluding carboxylic acids is 1. The highest BCUT2D eigenvalue weighted by Gasteiger charge is 2.25. The van der Waals surface area contributed by atoms with Crippen molar-refractivity contribution in [3.8, 4) is 0 Å². The molecule has 9 heteroatoms. The van der Waals surface area contributed by atoms with Gasteiger partial charge < -0.3 is 5.32 Å². The lowest BCUT2D eigenvalue weighted by Gasteiger charge is -2.19. The SMILES string of the molecule is CCN(CC)S(=O)(=O)c1cc(C(=O)Nc2cc(C)nn2C)ccc1Cl. The van der Waals surface area contributed by atoms with Crippen molar-refractivity contribution in [2.45, 2.75) is 25.7 Å². The summed E-state index contributed by atoms with van der Waals surface area (Å²) in [6.45, 7) is 5.94. The number of hydrogen-bond acceptors (Lipinski definition) is 4. The van der Waals surface area contributed by atoms with Gasteiger partial charge in [-0.2, -0.15) is 9.40 Å². The summed E-state index contributed by atoms with van der Waals surface area (Å²) >= 11 is 6.08. The third-order valence-electron chi connectivity index (χ3n) is 3.76. The van der Waals surface area contributed by atoms with Gasteiger partial charge in [-0.15, -0.1) is 0 Å². The minimum atomic E-state index is -3.76. The van der Waals surface area contributed by atoms with E-state index < -0.39 is 15.9 Å². The van der Waals surface area contributed by atoms with Crippen LogP contribution in [0.3, 0.4) is 0 Å². The molecule has 1 aromatic heterocycles. The smallest absolute Gasteiger partial charge is 0.256 e. The zero-order valence-electron chi connectivity index (χ0n) is 14.6. The van der Waals surface area contributed by atoms with E-state index >= 15 is 0 Å². The van der Waals surface area contributed by atoms with Crippen LogP contribution < -0.4 is 5.32 Å². The quantitative estimate of drug-likeness (QED) is 0.829. The molecule has 0 bridgehead atoms. The van der Waals surface area contributed by atoms with E-state index in [1.165, 1.54) is 27.2 Å². The standard InChI is InChI=1S/C16H21ClN4O3S/c1-5-21(6-2)25(23,24)14-10-12(7-8-13(14)17)16(22)18-15-9-11(3)19-20(15)4/h7-10H,5-6H2,1-4H3,(H,18,22). The van der Waals surface area contributed by atoms with E-state index in [1.54, 1.807) is 27.0 Å². The monoisotopic (exact) mass is 384 g/mol. The van der Waals surface area contributed by atoms with Crippen molar-refractivity contribution < 1.29 is 13.2 Å². The van der Waals surface area contributed by atoms with Gasteiger partial charge in [-0.25, -0.2) is 8.42 Å². The number of aromatic nitrogens is 2. The van der Waals surface area contributed by atoms with E-state index in [9.17, 15) is 13.2 Å². The molecule has 1 N–H and O–H groups in total. The number of aryl methyl sites for hydroxylation is 2. The molecule has 0 fully saturated rings. The van der Waals surface area contributed by atoms with E-state index in [4.69, 9.17) is 11.6 Å². The lowest BCUT2D eigenvalue weighted by molar-refractivity contribution is 0.102. The van der Waals surface area contributed by atoms with Crippen LogP contribution in [0.2, 0.25) is 5.02 Å². The summed E-state index contributed by atoms with van der Waals surface area (Å²) in [4.78, 5) is 12.4. The Hall–Kier alpha value is -1.90. The summed E-state index contributed by atoms with van der Waals surface area (Å²) in [6, 6.07) is 5.93. The van der Waals surface area contributed by atoms with Crippen molar-refractivity contribution >= 4 is 33.3 Å². The van der Waals surface area contributed by atoms with Gasteiger partial charge in [-0.1, -0.05) is 25.4 Å². The second kappa shape index (κ2) is 7.55. The lowest BCUT2D eigenvalue weighted by Crippen LogP contribution is -2.31. The van der Waals surface area contributed by atoms with Gasteiger partial charge in [0.05, 0.1) is 10.7 Å². The average molecular weight is 385 g/mol. The molecule has 0 saturated carbocycles. The summed E-state index contributed by atoms with van der Waals surface area (Å²) in [7, 11) is -2.05. The highest BCUT2D eigenvalue weighted by Crippen LogP contribution is 2.26. The fraction of sp³-hybridized carbons (Fsp3) is 0.375. The Kier molecular flexibility index (Phi) is 5.87. The topological polar surface area (TPSA) is 84.3 Å². The Morgan fingerprint density at radius 1 is 1.28 bits per heavy atom. The molecule has 1 aromatic carbocycles. The molecule has 0 aliphatic rings. The number of benzene rings is 1. The fourth-order valence-electron chi connectivity index (χ4n) is 2.46. The van der Waals surface area contributed by atoms with Gasteiger partial charge in [0.1, 0.15) is 10.7 Å². The number of amides is 1. The summed E-state index contributed by atoms with van der Waals surface area (Å²) in [5, 5.41) is 6.95. The first-order chi connectivity index (χ1) is 11.7. The zero-order valence-corrected chi connectivity index (χ0v) is 16.1. The number of sulfonamides is 1. The lowest BCUT2D eigenvalue weighted by atomic mass is 10.2. The van der Waals surface area contributed by atoms with Crippen molar-refractivity contribution in [2.24, 2.45) is 7.05 Å². The van der Waals surface area contributed by atoms with Crippen LogP contribution in [0.15, 0.2) is 29.2 Å². The average Bonchev–Trinajstić information content (AvgIpc) is 2.85. The number of halogens is 1. The second-order valence-corrected chi connectivity index (χ2v) is 7.80. The largest absolute Gasteiger partial charge is 0.307 e. The fourth-order valence-corrected chi connectivity index (χ4v) is 4.42. The summed E-state index contributed by atoms with van der Waals surface area (Å²) in [6.07, 6.45) is 0. The molecule has 0 atom stereocenters. The van der Waals surface area contributed by atoms with Gasteiger partial charge in [-0.05, 0) is 25.1 Å². The Labute approximate surface area is 152 Å². The molecule has 136 valence electrons. The molecule has 2 aromatic rings. The molecular weight excluding hydrogens is 364 g/mol. The summed E-state index contributed by atoms with van der Waals surface area (Å²) in [5.74, 6) is 0.0845. The predicted molar refractivity (Wildman–Crippen MR) is 97.5 cm³/mol. The van der Waals surface area contributed by atoms with Crippen LogP contribution in [0, 0.1) is 6.92 Å². The van der Waals surface area contributed by atoms with E-state index in [0.717, 1.165) is 5.69 Å². The molecule has 0 aliphatic carbocycles. The van der Waals surface area contributed by atoms with Gasteiger partial charge in [0.2, 0.25) is 10.0 Å². The highest BCUT2D eigenvalue weighted by atomic mass is 35.5. The molecule has 25 heavy (non-hydrogen) atoms. The normalized spacial score (nSPS) is 11.8. The number of anilines is 1. The maximum absolute atomic E-state index is 12.7. The van der Waals surface area contributed by atoms with E-state index in [-0.39, 0.29) is 15.5 Å². The first-order valence-electron chi connectivity index (χ1n) is 7.82. The van der Waals surface area contributed by atoms with Crippen molar-refractivity contribution in [1.29, 1.82) is 0 Å². The van der Waals surface area contributed by atoms with Crippen LogP contribution in [0.25, 0.3) is 0 Å². The number of hydrogen-bond donors (Lipinski definition) is 1. The van der Waals surface area contributed by atoms with Crippen LogP contribution >= 0.6 is 11.6 Å². The van der Waals surface area contributed by atoms with Crippen molar-refractivity contribution in [3.63, 3.8) is 0 Å². The third-order valence-corrected chi connectivity index (χ3v) is 6.29. The van der Waals surface area contributed by atoms with Gasteiger partial charge in [0, 0.05) is 31.8 Å². The van der Waals surface area contributed by atoms with Crippen LogP contribution in [-0.2, 0) is 17.1 Å². The van der Waals surface area contributed by atoms with Crippen LogP contribution in [0.4, 0.5) is 5.82 Å². The zero-order chi connectivity index (χ0) is 18.8. The van der Waals surface area contributed by atoms with Gasteiger partial charge in [0.15, 0.2) is 0 Å². The van der Waals surface area contributed by atoms with Crippen molar-refractivity contribution in [1.82, 2.24) is 14.1 Å². The van der Waals surface area contributed by atoms with E-state index in [0.29, 0.717) is 18.9 Å². The van der Waals surface area contributed by atoms with Gasteiger partial charge in [0.25, 0.3) is 5.91 Å². The van der Waals surface area contributed by atoms with Crippen molar-refractivity contribution in [2.75, 3.05) is 18.4 Å². The minimum absolute atomic E-state index is 0.0771. The minimum Gasteiger partial charge on any atom is -0.307 e. The maximum atomic E-state index is 12.7. The Morgan fingerprint density at radius 2 is 1.92 bits per heavy atom. The molecule has 0 saturated heterocycles. The van der Waals surface area contributed by atoms with Gasteiger partial charge >= 0.3 is 0 Å². The van der Waals surface area contributed by atoms with Crippen LogP contribution in [0.1, 0.15) is 29.9 Å². The number of nitrogens with zero attached hydrogens (tertiary/aromatic N) is 3. The third kappa shape index (κ3) is 4.02. The maximum Gasteiger partial charge on any atom is 0.256 e.